The van der Waals surface area contributed by atoms with Crippen LogP contribution in [-0.2, 0) is 13.5 Å². The molecule has 1 N–H and O–H groups in total. The number of tetrazole rings is 1. The summed E-state index contributed by atoms with van der Waals surface area (Å²) in [4.78, 5) is 1.44. The van der Waals surface area contributed by atoms with Crippen LogP contribution in [0.2, 0.25) is 0 Å². The first-order valence-electron chi connectivity index (χ1n) is 6.01. The summed E-state index contributed by atoms with van der Waals surface area (Å²) >= 11 is 0. The topological polar surface area (TPSA) is 63.8 Å². The number of aliphatic hydroxyl groups excluding tert-OH is 1. The van der Waals surface area contributed by atoms with Gasteiger partial charge in [0.1, 0.15) is 0 Å². The van der Waals surface area contributed by atoms with Crippen LogP contribution in [0.3, 0.4) is 0 Å². The van der Waals surface area contributed by atoms with Gasteiger partial charge < -0.3 is 5.11 Å². The molecule has 1 fully saturated rings. The van der Waals surface area contributed by atoms with Gasteiger partial charge >= 0.3 is 0 Å². The summed E-state index contributed by atoms with van der Waals surface area (Å²) in [5.41, 5.74) is 0.0391. The number of nitrogens with zero attached hydrogens (tertiary/aromatic N) is 4. The molecule has 1 saturated carbocycles. The molecule has 0 amide bonds. The Bertz CT molecular complexity index is 344. The van der Waals surface area contributed by atoms with E-state index in [1.807, 2.05) is 0 Å². The van der Waals surface area contributed by atoms with Crippen LogP contribution in [0.5, 0.6) is 0 Å². The molecule has 1 aliphatic carbocycles. The first kappa shape index (κ1) is 11.5. The second kappa shape index (κ2) is 4.49. The second-order valence-corrected chi connectivity index (χ2v) is 5.13. The van der Waals surface area contributed by atoms with Gasteiger partial charge in [-0.25, -0.2) is 0 Å². The van der Waals surface area contributed by atoms with Crippen LogP contribution in [-0.4, -0.2) is 31.4 Å². The van der Waals surface area contributed by atoms with Crippen molar-refractivity contribution in [3.05, 3.63) is 5.82 Å². The molecule has 0 aliphatic heterocycles. The molecule has 1 aromatic heterocycles. The van der Waals surface area contributed by atoms with E-state index >= 15 is 0 Å². The molecule has 2 rings (SSSR count). The van der Waals surface area contributed by atoms with Gasteiger partial charge in [-0.05, 0) is 23.5 Å². The van der Waals surface area contributed by atoms with E-state index in [1.54, 1.807) is 7.05 Å². The van der Waals surface area contributed by atoms with Crippen molar-refractivity contribution in [3.63, 3.8) is 0 Å². The minimum atomic E-state index is -0.350. The zero-order chi connectivity index (χ0) is 11.6. The molecule has 0 spiro atoms. The minimum Gasteiger partial charge on any atom is -0.392 e. The standard InChI is InChI=1S/C11H20N4O/c1-11(6-4-3-5-7-11)9(16)8-10-12-14-15(2)13-10/h9,16H,3-8H2,1-2H3. The predicted molar refractivity (Wildman–Crippen MR) is 59.7 cm³/mol. The number of hydrogen-bond acceptors (Lipinski definition) is 4. The highest BCUT2D eigenvalue weighted by Gasteiger charge is 2.34. The average Bonchev–Trinajstić information content (AvgIpc) is 2.65. The Labute approximate surface area is 95.9 Å². The molecule has 1 aliphatic rings. The smallest absolute Gasteiger partial charge is 0.177 e. The molecule has 5 nitrogen and oxygen atoms in total. The third kappa shape index (κ3) is 2.40. The van der Waals surface area contributed by atoms with Gasteiger partial charge in [-0.15, -0.1) is 10.2 Å². The van der Waals surface area contributed by atoms with E-state index in [1.165, 1.54) is 24.1 Å². The Morgan fingerprint density at radius 2 is 2.06 bits per heavy atom. The molecule has 1 aromatic rings. The van der Waals surface area contributed by atoms with E-state index < -0.39 is 0 Å². The van der Waals surface area contributed by atoms with Gasteiger partial charge in [0.2, 0.25) is 0 Å². The Morgan fingerprint density at radius 1 is 1.38 bits per heavy atom. The fourth-order valence-electron chi connectivity index (χ4n) is 2.52. The zero-order valence-corrected chi connectivity index (χ0v) is 10.1. The number of hydrogen-bond donors (Lipinski definition) is 1. The summed E-state index contributed by atoms with van der Waals surface area (Å²) in [6.07, 6.45) is 6.12. The number of aryl methyl sites for hydroxylation is 1. The molecule has 0 saturated heterocycles. The lowest BCUT2D eigenvalue weighted by atomic mass is 9.71. The number of aromatic nitrogens is 4. The second-order valence-electron chi connectivity index (χ2n) is 5.13. The van der Waals surface area contributed by atoms with Crippen LogP contribution in [0.4, 0.5) is 0 Å². The van der Waals surface area contributed by atoms with E-state index in [0.29, 0.717) is 12.2 Å². The summed E-state index contributed by atoms with van der Waals surface area (Å²) in [5, 5.41) is 22.1. The Hall–Kier alpha value is -0.970. The van der Waals surface area contributed by atoms with Crippen molar-refractivity contribution in [3.8, 4) is 0 Å². The van der Waals surface area contributed by atoms with Gasteiger partial charge in [0.25, 0.3) is 0 Å². The summed E-state index contributed by atoms with van der Waals surface area (Å²) in [5.74, 6) is 0.641. The van der Waals surface area contributed by atoms with Crippen molar-refractivity contribution in [2.45, 2.75) is 51.6 Å². The molecule has 1 heterocycles. The summed E-state index contributed by atoms with van der Waals surface area (Å²) in [6.45, 7) is 2.17. The normalized spacial score (nSPS) is 21.9. The molecular formula is C11H20N4O. The van der Waals surface area contributed by atoms with Gasteiger partial charge in [0.15, 0.2) is 5.82 Å². The maximum Gasteiger partial charge on any atom is 0.177 e. The van der Waals surface area contributed by atoms with Crippen LogP contribution in [0.1, 0.15) is 44.9 Å². The SMILES string of the molecule is Cn1nnc(CC(O)C2(C)CCCCC2)n1. The predicted octanol–water partition coefficient (Wildman–Crippen LogP) is 1.08. The molecule has 0 aromatic carbocycles. The lowest BCUT2D eigenvalue weighted by Crippen LogP contribution is -2.36. The van der Waals surface area contributed by atoms with Gasteiger partial charge in [-0.2, -0.15) is 4.80 Å². The van der Waals surface area contributed by atoms with Crippen LogP contribution >= 0.6 is 0 Å². The average molecular weight is 224 g/mol. The Balaban J connectivity index is 1.98. The van der Waals surface area contributed by atoms with Crippen LogP contribution in [0.15, 0.2) is 0 Å². The van der Waals surface area contributed by atoms with Crippen molar-refractivity contribution in [1.29, 1.82) is 0 Å². The lowest BCUT2D eigenvalue weighted by Gasteiger charge is -2.37. The molecule has 0 radical (unpaired) electrons. The quantitative estimate of drug-likeness (QED) is 0.834. The summed E-state index contributed by atoms with van der Waals surface area (Å²) < 4.78 is 0. The molecule has 16 heavy (non-hydrogen) atoms. The van der Waals surface area contributed by atoms with Crippen molar-refractivity contribution in [2.75, 3.05) is 0 Å². The van der Waals surface area contributed by atoms with E-state index in [2.05, 4.69) is 22.3 Å². The van der Waals surface area contributed by atoms with E-state index in [0.717, 1.165) is 12.8 Å². The van der Waals surface area contributed by atoms with Crippen LogP contribution in [0.25, 0.3) is 0 Å². The van der Waals surface area contributed by atoms with E-state index in [-0.39, 0.29) is 11.5 Å². The minimum absolute atomic E-state index is 0.0391. The van der Waals surface area contributed by atoms with Gasteiger partial charge in [-0.1, -0.05) is 26.2 Å². The third-order valence-electron chi connectivity index (χ3n) is 3.73. The van der Waals surface area contributed by atoms with Crippen LogP contribution in [0, 0.1) is 5.41 Å². The van der Waals surface area contributed by atoms with Crippen molar-refractivity contribution < 1.29 is 5.11 Å². The first-order valence-corrected chi connectivity index (χ1v) is 6.01. The van der Waals surface area contributed by atoms with Crippen molar-refractivity contribution >= 4 is 0 Å². The number of rotatable bonds is 3. The first-order chi connectivity index (χ1) is 7.60. The maximum absolute atomic E-state index is 10.3. The molecule has 1 atom stereocenters. The fourth-order valence-corrected chi connectivity index (χ4v) is 2.52. The van der Waals surface area contributed by atoms with E-state index in [9.17, 15) is 5.11 Å². The monoisotopic (exact) mass is 224 g/mol. The van der Waals surface area contributed by atoms with Crippen LogP contribution < -0.4 is 0 Å². The summed E-state index contributed by atoms with van der Waals surface area (Å²) in [6, 6.07) is 0. The lowest BCUT2D eigenvalue weighted by molar-refractivity contribution is 0.00907. The largest absolute Gasteiger partial charge is 0.392 e. The Kier molecular flexibility index (Phi) is 3.23. The van der Waals surface area contributed by atoms with Gasteiger partial charge in [0, 0.05) is 6.42 Å². The highest BCUT2D eigenvalue weighted by Crippen LogP contribution is 2.39. The molecule has 90 valence electrons. The highest BCUT2D eigenvalue weighted by atomic mass is 16.3. The molecular weight excluding hydrogens is 204 g/mol. The molecule has 0 bridgehead atoms. The van der Waals surface area contributed by atoms with Crippen molar-refractivity contribution in [2.24, 2.45) is 12.5 Å². The van der Waals surface area contributed by atoms with Gasteiger partial charge in [-0.3, -0.25) is 0 Å². The fraction of sp³-hybridized carbons (Fsp3) is 0.909. The highest BCUT2D eigenvalue weighted by molar-refractivity contribution is 4.91. The maximum atomic E-state index is 10.3. The van der Waals surface area contributed by atoms with Gasteiger partial charge in [0.05, 0.1) is 13.2 Å². The molecule has 5 heteroatoms. The summed E-state index contributed by atoms with van der Waals surface area (Å²) in [7, 11) is 1.74. The Morgan fingerprint density at radius 3 is 2.62 bits per heavy atom. The van der Waals surface area contributed by atoms with Crippen molar-refractivity contribution in [1.82, 2.24) is 20.2 Å². The van der Waals surface area contributed by atoms with E-state index in [4.69, 9.17) is 0 Å². The number of aliphatic hydroxyl groups is 1. The molecule has 1 unspecified atom stereocenters. The third-order valence-corrected chi connectivity index (χ3v) is 3.73. The zero-order valence-electron chi connectivity index (χ0n) is 10.1.